The van der Waals surface area contributed by atoms with Crippen LogP contribution in [0.3, 0.4) is 0 Å². The maximum absolute atomic E-state index is 13.2. The van der Waals surface area contributed by atoms with Crippen LogP contribution >= 0.6 is 11.5 Å². The Morgan fingerprint density at radius 1 is 1.12 bits per heavy atom. The molecule has 3 rings (SSSR count). The molecule has 1 atom stereocenters. The summed E-state index contributed by atoms with van der Waals surface area (Å²) in [6.45, 7) is 12.3. The van der Waals surface area contributed by atoms with Crippen LogP contribution in [0.1, 0.15) is 77.6 Å². The summed E-state index contributed by atoms with van der Waals surface area (Å²) in [5.74, 6) is -0.915. The Hall–Kier alpha value is -2.89. The largest absolute Gasteiger partial charge is 0.469 e. The molecular weight excluding hydrogens is 543 g/mol. The first-order valence-corrected chi connectivity index (χ1v) is 14.5. The van der Waals surface area contributed by atoms with Crippen LogP contribution < -0.4 is 10.2 Å². The Morgan fingerprint density at radius 3 is 2.35 bits per heavy atom. The van der Waals surface area contributed by atoms with Crippen molar-refractivity contribution < 1.29 is 27.5 Å². The minimum Gasteiger partial charge on any atom is -0.469 e. The van der Waals surface area contributed by atoms with Crippen LogP contribution in [0.5, 0.6) is 0 Å². The normalized spacial score (nSPS) is 15.4. The number of likely N-dealkylation sites (tertiary alicyclic amines) is 1. The number of ether oxygens (including phenoxy) is 1. The fraction of sp³-hybridized carbons (Fsp3) is 0.643. The summed E-state index contributed by atoms with van der Waals surface area (Å²) in [6.07, 6.45) is -2.37. The lowest BCUT2D eigenvalue weighted by Gasteiger charge is -2.41. The number of aromatic nitrogens is 2. The van der Waals surface area contributed by atoms with E-state index in [1.807, 2.05) is 43.9 Å². The lowest BCUT2D eigenvalue weighted by Crippen LogP contribution is -2.48. The first kappa shape index (κ1) is 31.6. The van der Waals surface area contributed by atoms with Gasteiger partial charge in [0.1, 0.15) is 0 Å². The fourth-order valence-corrected chi connectivity index (χ4v) is 5.51. The third-order valence-corrected chi connectivity index (χ3v) is 7.55. The van der Waals surface area contributed by atoms with Crippen molar-refractivity contribution >= 4 is 39.9 Å². The second kappa shape index (κ2) is 13.6. The maximum Gasteiger partial charge on any atom is 0.452 e. The Balaban J connectivity index is 1.94. The fourth-order valence-electron chi connectivity index (χ4n) is 4.91. The van der Waals surface area contributed by atoms with E-state index in [2.05, 4.69) is 33.4 Å². The van der Waals surface area contributed by atoms with Crippen LogP contribution in [0, 0.1) is 11.8 Å². The minimum absolute atomic E-state index is 0.0324. The van der Waals surface area contributed by atoms with Gasteiger partial charge >= 0.3 is 12.1 Å². The lowest BCUT2D eigenvalue weighted by molar-refractivity contribution is -0.144. The molecule has 1 aliphatic heterocycles. The van der Waals surface area contributed by atoms with Crippen molar-refractivity contribution in [1.29, 1.82) is 0 Å². The van der Waals surface area contributed by atoms with E-state index < -0.39 is 12.0 Å². The van der Waals surface area contributed by atoms with E-state index in [4.69, 9.17) is 4.74 Å². The highest BCUT2D eigenvalue weighted by atomic mass is 32.1. The first-order valence-electron chi connectivity index (χ1n) is 13.7. The molecule has 1 aromatic carbocycles. The maximum atomic E-state index is 13.2. The van der Waals surface area contributed by atoms with Crippen LogP contribution in [0.15, 0.2) is 18.2 Å². The van der Waals surface area contributed by atoms with Crippen molar-refractivity contribution in [3.63, 3.8) is 0 Å². The number of hydrogen-bond donors (Lipinski definition) is 1. The topological polar surface area (TPSA) is 87.7 Å². The first-order chi connectivity index (χ1) is 18.8. The third kappa shape index (κ3) is 8.55. The SMILES string of the molecule is COC(=O)C[C@@H](C)c1ccc(N(CC(C)C)C2CCN(C(=O)CC(C)C)CC2)c(Nc2nc(C(F)(F)F)ns2)c1. The number of carbonyl (C=O) groups is 2. The van der Waals surface area contributed by atoms with Crippen LogP contribution in [0.4, 0.5) is 29.7 Å². The molecule has 0 radical (unpaired) electrons. The second-order valence-corrected chi connectivity index (χ2v) is 12.0. The van der Waals surface area contributed by atoms with Crippen LogP contribution in [-0.4, -0.2) is 58.9 Å². The number of nitrogens with one attached hydrogen (secondary N) is 1. The molecule has 1 aromatic heterocycles. The van der Waals surface area contributed by atoms with Gasteiger partial charge in [0.15, 0.2) is 0 Å². The summed E-state index contributed by atoms with van der Waals surface area (Å²) >= 11 is 0.649. The van der Waals surface area contributed by atoms with Gasteiger partial charge in [0.05, 0.1) is 24.9 Å². The van der Waals surface area contributed by atoms with Crippen LogP contribution in [-0.2, 0) is 20.5 Å². The Bertz CT molecular complexity index is 1150. The number of rotatable bonds is 11. The Labute approximate surface area is 238 Å². The van der Waals surface area contributed by atoms with Gasteiger partial charge in [0, 0.05) is 43.6 Å². The number of nitrogens with zero attached hydrogens (tertiary/aromatic N) is 4. The van der Waals surface area contributed by atoms with Gasteiger partial charge in [0.25, 0.3) is 0 Å². The molecular formula is C28H40F3N5O3S. The summed E-state index contributed by atoms with van der Waals surface area (Å²) < 4.78 is 47.9. The van der Waals surface area contributed by atoms with Crippen molar-refractivity contribution in [3.05, 3.63) is 29.6 Å². The summed E-state index contributed by atoms with van der Waals surface area (Å²) in [5.41, 5.74) is 2.27. The lowest BCUT2D eigenvalue weighted by atomic mass is 9.95. The average molecular weight is 584 g/mol. The monoisotopic (exact) mass is 583 g/mol. The van der Waals surface area contributed by atoms with Crippen molar-refractivity contribution in [2.75, 3.05) is 37.0 Å². The second-order valence-electron chi connectivity index (χ2n) is 11.3. The quantitative estimate of drug-likeness (QED) is 0.304. The summed E-state index contributed by atoms with van der Waals surface area (Å²) in [5, 5.41) is 3.12. The molecule has 1 N–H and O–H groups in total. The molecule has 2 heterocycles. The zero-order valence-corrected chi connectivity index (χ0v) is 24.9. The van der Waals surface area contributed by atoms with Gasteiger partial charge in [-0.25, -0.2) is 0 Å². The molecule has 0 spiro atoms. The van der Waals surface area contributed by atoms with Gasteiger partial charge in [-0.15, -0.1) is 0 Å². The number of anilines is 3. The predicted octanol–water partition coefficient (Wildman–Crippen LogP) is 6.47. The van der Waals surface area contributed by atoms with E-state index in [0.29, 0.717) is 48.6 Å². The molecule has 2 aromatic rings. The van der Waals surface area contributed by atoms with Crippen LogP contribution in [0.25, 0.3) is 0 Å². The number of methoxy groups -OCH3 is 1. The van der Waals surface area contributed by atoms with Gasteiger partial charge in [-0.3, -0.25) is 9.59 Å². The number of halogens is 3. The summed E-state index contributed by atoms with van der Waals surface area (Å²) in [7, 11) is 1.34. The number of esters is 1. The number of amides is 1. The van der Waals surface area contributed by atoms with Gasteiger partial charge in [-0.05, 0) is 48.3 Å². The highest BCUT2D eigenvalue weighted by Gasteiger charge is 2.36. The Kier molecular flexibility index (Phi) is 10.8. The number of carbonyl (C=O) groups excluding carboxylic acids is 2. The number of hydrogen-bond acceptors (Lipinski definition) is 8. The molecule has 0 unspecified atom stereocenters. The molecule has 222 valence electrons. The van der Waals surface area contributed by atoms with Crippen molar-refractivity contribution in [2.45, 2.75) is 78.4 Å². The number of alkyl halides is 3. The molecule has 0 aliphatic carbocycles. The van der Waals surface area contributed by atoms with E-state index in [-0.39, 0.29) is 35.4 Å². The third-order valence-electron chi connectivity index (χ3n) is 6.92. The molecule has 1 fully saturated rings. The Morgan fingerprint density at radius 2 is 1.80 bits per heavy atom. The highest BCUT2D eigenvalue weighted by molar-refractivity contribution is 7.09. The number of benzene rings is 1. The smallest absolute Gasteiger partial charge is 0.452 e. The van der Waals surface area contributed by atoms with Gasteiger partial charge in [-0.2, -0.15) is 22.5 Å². The molecule has 1 saturated heterocycles. The van der Waals surface area contributed by atoms with E-state index in [0.717, 1.165) is 30.6 Å². The van der Waals surface area contributed by atoms with E-state index in [1.165, 1.54) is 7.11 Å². The molecule has 1 amide bonds. The van der Waals surface area contributed by atoms with E-state index in [9.17, 15) is 22.8 Å². The molecule has 0 bridgehead atoms. The van der Waals surface area contributed by atoms with E-state index in [1.54, 1.807) is 0 Å². The van der Waals surface area contributed by atoms with Crippen molar-refractivity contribution in [3.8, 4) is 0 Å². The van der Waals surface area contributed by atoms with Crippen molar-refractivity contribution in [2.24, 2.45) is 11.8 Å². The van der Waals surface area contributed by atoms with E-state index >= 15 is 0 Å². The zero-order chi connectivity index (χ0) is 29.6. The minimum atomic E-state index is -4.64. The summed E-state index contributed by atoms with van der Waals surface area (Å²) in [4.78, 5) is 32.4. The average Bonchev–Trinajstić information content (AvgIpc) is 3.36. The van der Waals surface area contributed by atoms with Gasteiger partial charge < -0.3 is 19.9 Å². The molecule has 40 heavy (non-hydrogen) atoms. The molecule has 0 saturated carbocycles. The molecule has 1 aliphatic rings. The van der Waals surface area contributed by atoms with Crippen LogP contribution in [0.2, 0.25) is 0 Å². The van der Waals surface area contributed by atoms with Crippen molar-refractivity contribution in [1.82, 2.24) is 14.3 Å². The standard InChI is InChI=1S/C28H40F3N5O3S/c1-17(2)13-24(37)35-11-9-21(10-12-35)36(16-18(3)4)23-8-7-20(19(5)14-25(38)39-6)15-22(23)32-27-33-26(34-40-27)28(29,30)31/h7-8,15,17-19,21H,9-14,16H2,1-6H3,(H,32,33,34)/t19-/m1/s1. The highest BCUT2D eigenvalue weighted by Crippen LogP contribution is 2.38. The summed E-state index contributed by atoms with van der Waals surface area (Å²) in [6, 6.07) is 5.91. The number of piperidine rings is 1. The zero-order valence-electron chi connectivity index (χ0n) is 24.0. The van der Waals surface area contributed by atoms with Gasteiger partial charge in [-0.1, -0.05) is 40.7 Å². The molecule has 12 heteroatoms. The van der Waals surface area contributed by atoms with Gasteiger partial charge in [0.2, 0.25) is 16.9 Å². The predicted molar refractivity (Wildman–Crippen MR) is 151 cm³/mol. The molecule has 8 nitrogen and oxygen atoms in total.